The first-order valence-corrected chi connectivity index (χ1v) is 5.73. The van der Waals surface area contributed by atoms with Gasteiger partial charge < -0.3 is 10.1 Å². The molecule has 0 aliphatic carbocycles. The molecular weight excluding hydrogens is 256 g/mol. The number of amidine groups is 1. The average molecular weight is 269 g/mol. The number of nitrogens with one attached hydrogen (secondary N) is 1. The molecule has 0 saturated heterocycles. The van der Waals surface area contributed by atoms with E-state index in [4.69, 9.17) is 4.74 Å². The SMILES string of the molecule is COc1cc(NC2=NCCC2)ccc1Br. The van der Waals surface area contributed by atoms with Gasteiger partial charge in [0.1, 0.15) is 11.6 Å². The highest BCUT2D eigenvalue weighted by molar-refractivity contribution is 9.10. The average Bonchev–Trinajstić information content (AvgIpc) is 2.73. The number of hydrogen-bond donors (Lipinski definition) is 1. The van der Waals surface area contributed by atoms with Crippen molar-refractivity contribution in [3.63, 3.8) is 0 Å². The lowest BCUT2D eigenvalue weighted by molar-refractivity contribution is 0.412. The van der Waals surface area contributed by atoms with Gasteiger partial charge in [-0.25, -0.2) is 0 Å². The van der Waals surface area contributed by atoms with Crippen LogP contribution in [0.4, 0.5) is 5.69 Å². The first kappa shape index (κ1) is 10.5. The third-order valence-corrected chi connectivity index (χ3v) is 2.97. The zero-order valence-corrected chi connectivity index (χ0v) is 10.2. The van der Waals surface area contributed by atoms with E-state index in [2.05, 4.69) is 26.2 Å². The second-order valence-electron chi connectivity index (χ2n) is 3.41. The molecular formula is C11H13BrN2O. The van der Waals surface area contributed by atoms with Gasteiger partial charge in [0.05, 0.1) is 11.6 Å². The third kappa shape index (κ3) is 2.50. The van der Waals surface area contributed by atoms with Crippen LogP contribution in [0.2, 0.25) is 0 Å². The van der Waals surface area contributed by atoms with E-state index in [1.807, 2.05) is 18.2 Å². The normalized spacial score (nSPS) is 14.9. The van der Waals surface area contributed by atoms with Crippen LogP contribution in [-0.4, -0.2) is 19.5 Å². The van der Waals surface area contributed by atoms with E-state index in [-0.39, 0.29) is 0 Å². The van der Waals surface area contributed by atoms with Gasteiger partial charge in [0.2, 0.25) is 0 Å². The lowest BCUT2D eigenvalue weighted by Crippen LogP contribution is -2.08. The van der Waals surface area contributed by atoms with Gasteiger partial charge in [-0.3, -0.25) is 4.99 Å². The number of aliphatic imine (C=N–C) groups is 1. The fraction of sp³-hybridized carbons (Fsp3) is 0.364. The van der Waals surface area contributed by atoms with Crippen LogP contribution in [0.1, 0.15) is 12.8 Å². The molecule has 0 fully saturated rings. The Hall–Kier alpha value is -1.03. The number of benzene rings is 1. The molecule has 0 atom stereocenters. The molecule has 1 aromatic rings. The highest BCUT2D eigenvalue weighted by Crippen LogP contribution is 2.28. The van der Waals surface area contributed by atoms with Crippen molar-refractivity contribution in [1.82, 2.24) is 0 Å². The van der Waals surface area contributed by atoms with Crippen LogP contribution in [0.5, 0.6) is 5.75 Å². The summed E-state index contributed by atoms with van der Waals surface area (Å²) in [6.07, 6.45) is 2.19. The predicted octanol–water partition coefficient (Wildman–Crippen LogP) is 3.06. The maximum Gasteiger partial charge on any atom is 0.135 e. The topological polar surface area (TPSA) is 33.6 Å². The smallest absolute Gasteiger partial charge is 0.135 e. The van der Waals surface area contributed by atoms with Gasteiger partial charge in [-0.15, -0.1) is 0 Å². The van der Waals surface area contributed by atoms with E-state index in [1.165, 1.54) is 0 Å². The predicted molar refractivity (Wildman–Crippen MR) is 65.9 cm³/mol. The number of halogens is 1. The van der Waals surface area contributed by atoms with E-state index < -0.39 is 0 Å². The van der Waals surface area contributed by atoms with Crippen LogP contribution >= 0.6 is 15.9 Å². The Bertz CT molecular complexity index is 390. The minimum absolute atomic E-state index is 0.832. The summed E-state index contributed by atoms with van der Waals surface area (Å²) in [7, 11) is 1.66. The number of ether oxygens (including phenoxy) is 1. The Morgan fingerprint density at radius 2 is 2.33 bits per heavy atom. The summed E-state index contributed by atoms with van der Waals surface area (Å²) in [6, 6.07) is 5.94. The fourth-order valence-electron chi connectivity index (χ4n) is 1.55. The van der Waals surface area contributed by atoms with Crippen molar-refractivity contribution >= 4 is 27.5 Å². The number of rotatable bonds is 2. The van der Waals surface area contributed by atoms with E-state index in [9.17, 15) is 0 Å². The summed E-state index contributed by atoms with van der Waals surface area (Å²) in [6.45, 7) is 0.940. The van der Waals surface area contributed by atoms with Gasteiger partial charge in [-0.1, -0.05) is 0 Å². The molecule has 3 nitrogen and oxygen atoms in total. The number of methoxy groups -OCH3 is 1. The zero-order valence-electron chi connectivity index (χ0n) is 8.59. The molecule has 1 aliphatic heterocycles. The molecule has 0 aromatic heterocycles. The molecule has 0 radical (unpaired) electrons. The summed E-state index contributed by atoms with van der Waals surface area (Å²) in [5, 5.41) is 3.29. The largest absolute Gasteiger partial charge is 0.495 e. The molecule has 80 valence electrons. The lowest BCUT2D eigenvalue weighted by atomic mass is 10.3. The van der Waals surface area contributed by atoms with Crippen LogP contribution in [0.15, 0.2) is 27.7 Å². The summed E-state index contributed by atoms with van der Waals surface area (Å²) >= 11 is 3.42. The second kappa shape index (κ2) is 4.66. The molecule has 0 bridgehead atoms. The lowest BCUT2D eigenvalue weighted by Gasteiger charge is -2.08. The summed E-state index contributed by atoms with van der Waals surface area (Å²) in [5.41, 5.74) is 1.02. The van der Waals surface area contributed by atoms with Crippen molar-refractivity contribution in [2.75, 3.05) is 19.0 Å². The minimum atomic E-state index is 0.832. The Morgan fingerprint density at radius 1 is 1.47 bits per heavy atom. The molecule has 1 N–H and O–H groups in total. The van der Waals surface area contributed by atoms with Gasteiger partial charge in [0.15, 0.2) is 0 Å². The zero-order chi connectivity index (χ0) is 10.7. The molecule has 4 heteroatoms. The van der Waals surface area contributed by atoms with E-state index in [0.29, 0.717) is 0 Å². The third-order valence-electron chi connectivity index (χ3n) is 2.31. The Morgan fingerprint density at radius 3 is 3.00 bits per heavy atom. The van der Waals surface area contributed by atoms with E-state index in [0.717, 1.165) is 41.1 Å². The monoisotopic (exact) mass is 268 g/mol. The summed E-state index contributed by atoms with van der Waals surface area (Å²) in [4.78, 5) is 4.36. The van der Waals surface area contributed by atoms with Crippen molar-refractivity contribution in [1.29, 1.82) is 0 Å². The van der Waals surface area contributed by atoms with Crippen LogP contribution in [0.3, 0.4) is 0 Å². The van der Waals surface area contributed by atoms with Crippen molar-refractivity contribution in [2.24, 2.45) is 4.99 Å². The summed E-state index contributed by atoms with van der Waals surface area (Å²) < 4.78 is 6.19. The van der Waals surface area contributed by atoms with Gasteiger partial charge in [-0.2, -0.15) is 0 Å². The van der Waals surface area contributed by atoms with Gasteiger partial charge in [-0.05, 0) is 34.5 Å². The molecule has 15 heavy (non-hydrogen) atoms. The van der Waals surface area contributed by atoms with Crippen molar-refractivity contribution in [3.05, 3.63) is 22.7 Å². The molecule has 2 rings (SSSR count). The van der Waals surface area contributed by atoms with Gasteiger partial charge in [0, 0.05) is 24.7 Å². The van der Waals surface area contributed by atoms with Crippen LogP contribution in [0.25, 0.3) is 0 Å². The highest BCUT2D eigenvalue weighted by atomic mass is 79.9. The maximum absolute atomic E-state index is 5.22. The molecule has 0 unspecified atom stereocenters. The van der Waals surface area contributed by atoms with E-state index >= 15 is 0 Å². The quantitative estimate of drug-likeness (QED) is 0.895. The highest BCUT2D eigenvalue weighted by Gasteiger charge is 2.07. The number of hydrogen-bond acceptors (Lipinski definition) is 3. The van der Waals surface area contributed by atoms with Crippen molar-refractivity contribution in [2.45, 2.75) is 12.8 Å². The molecule has 1 heterocycles. The van der Waals surface area contributed by atoms with E-state index in [1.54, 1.807) is 7.11 Å². The number of nitrogens with zero attached hydrogens (tertiary/aromatic N) is 1. The van der Waals surface area contributed by atoms with Gasteiger partial charge in [0.25, 0.3) is 0 Å². The van der Waals surface area contributed by atoms with Crippen molar-refractivity contribution in [3.8, 4) is 5.75 Å². The maximum atomic E-state index is 5.22. The Labute approximate surface area is 97.7 Å². The van der Waals surface area contributed by atoms with Crippen LogP contribution in [0, 0.1) is 0 Å². The second-order valence-corrected chi connectivity index (χ2v) is 4.26. The molecule has 1 aliphatic rings. The summed E-state index contributed by atoms with van der Waals surface area (Å²) in [5.74, 6) is 1.90. The molecule has 0 spiro atoms. The van der Waals surface area contributed by atoms with Crippen LogP contribution < -0.4 is 10.1 Å². The first-order chi connectivity index (χ1) is 7.29. The molecule has 1 aromatic carbocycles. The molecule has 0 amide bonds. The fourth-order valence-corrected chi connectivity index (χ4v) is 1.95. The Kier molecular flexibility index (Phi) is 3.26. The minimum Gasteiger partial charge on any atom is -0.495 e. The first-order valence-electron chi connectivity index (χ1n) is 4.93. The Balaban J connectivity index is 2.14. The molecule has 0 saturated carbocycles. The van der Waals surface area contributed by atoms with Crippen molar-refractivity contribution < 1.29 is 4.74 Å². The van der Waals surface area contributed by atoms with Gasteiger partial charge >= 0.3 is 0 Å². The number of anilines is 1. The standard InChI is InChI=1S/C11H13BrN2O/c1-15-10-7-8(4-5-9(10)12)14-11-3-2-6-13-11/h4-5,7H,2-3,6H2,1H3,(H,13,14). The van der Waals surface area contributed by atoms with Crippen LogP contribution in [-0.2, 0) is 0 Å².